The van der Waals surface area contributed by atoms with Gasteiger partial charge in [-0.2, -0.15) is 0 Å². The van der Waals surface area contributed by atoms with E-state index in [0.717, 1.165) is 5.01 Å². The Morgan fingerprint density at radius 1 is 1.09 bits per heavy atom. The van der Waals surface area contributed by atoms with Gasteiger partial charge in [0.25, 0.3) is 0 Å². The van der Waals surface area contributed by atoms with E-state index < -0.39 is 12.1 Å². The molecule has 170 valence electrons. The summed E-state index contributed by atoms with van der Waals surface area (Å²) in [5.74, 6) is -0.375. The maximum atomic E-state index is 12.6. The molecule has 1 saturated heterocycles. The fourth-order valence-corrected chi connectivity index (χ4v) is 5.46. The molecule has 1 aromatic heterocycles. The van der Waals surface area contributed by atoms with E-state index in [1.807, 2.05) is 24.3 Å². The van der Waals surface area contributed by atoms with E-state index in [0.29, 0.717) is 31.9 Å². The molecule has 2 atom stereocenters. The fraction of sp³-hybridized carbons (Fsp3) is 0.320. The molecule has 2 aromatic carbocycles. The number of carbonyl (C=O) groups excluding carboxylic acids is 2. The molecule has 5 rings (SSSR count). The first-order valence-corrected chi connectivity index (χ1v) is 12.0. The molecule has 1 aliphatic heterocycles. The van der Waals surface area contributed by atoms with Crippen LogP contribution in [-0.4, -0.2) is 42.8 Å². The number of nitrogens with one attached hydrogen (secondary N) is 2. The molecule has 7 nitrogen and oxygen atoms in total. The molecule has 1 aliphatic carbocycles. The Labute approximate surface area is 196 Å². The van der Waals surface area contributed by atoms with Crippen LogP contribution in [0.1, 0.15) is 51.9 Å². The van der Waals surface area contributed by atoms with Gasteiger partial charge in [0.1, 0.15) is 11.6 Å². The van der Waals surface area contributed by atoms with Crippen molar-refractivity contribution >= 4 is 23.4 Å². The number of aromatic nitrogens is 1. The Kier molecular flexibility index (Phi) is 6.11. The van der Waals surface area contributed by atoms with Crippen LogP contribution in [0.25, 0.3) is 11.1 Å². The van der Waals surface area contributed by atoms with Crippen molar-refractivity contribution in [2.45, 2.75) is 31.3 Å². The lowest BCUT2D eigenvalue weighted by Gasteiger charge is -2.16. The van der Waals surface area contributed by atoms with Gasteiger partial charge in [-0.1, -0.05) is 48.5 Å². The van der Waals surface area contributed by atoms with Gasteiger partial charge in [0.05, 0.1) is 12.6 Å². The third kappa shape index (κ3) is 4.36. The summed E-state index contributed by atoms with van der Waals surface area (Å²) >= 11 is 1.42. The standard InChI is InChI=1S/C25H25N3O4S/c1-2-31-24(29)22-14-33-23(28-22)21-11-15(12-26-21)27-25(30)32-13-20-18-9-5-3-7-16(18)17-8-4-6-10-19(17)20/h3-10,14-15,20-21,26H,2,11-13H2,1H3,(H,27,30)/t15-,21-/m1/s1. The third-order valence-electron chi connectivity index (χ3n) is 6.10. The highest BCUT2D eigenvalue weighted by Gasteiger charge is 2.31. The summed E-state index contributed by atoms with van der Waals surface area (Å²) in [6.07, 6.45) is 0.260. The van der Waals surface area contributed by atoms with E-state index in [2.05, 4.69) is 39.9 Å². The first-order valence-electron chi connectivity index (χ1n) is 11.1. The summed E-state index contributed by atoms with van der Waals surface area (Å²) in [5, 5.41) is 8.85. The SMILES string of the molecule is CCOC(=O)c1csc([C@H]2C[C@@H](NC(=O)OCC3c4ccccc4-c4ccccc43)CN2)n1. The van der Waals surface area contributed by atoms with Crippen LogP contribution in [0.3, 0.4) is 0 Å². The van der Waals surface area contributed by atoms with Crippen LogP contribution < -0.4 is 10.6 Å². The van der Waals surface area contributed by atoms with Crippen molar-refractivity contribution in [3.8, 4) is 11.1 Å². The van der Waals surface area contributed by atoms with E-state index in [-0.39, 0.29) is 18.0 Å². The number of carbonyl (C=O) groups is 2. The van der Waals surface area contributed by atoms with Crippen molar-refractivity contribution < 1.29 is 19.1 Å². The number of benzene rings is 2. The number of alkyl carbamates (subject to hydrolysis) is 1. The first-order chi connectivity index (χ1) is 16.1. The Bertz CT molecular complexity index is 1130. The predicted molar refractivity (Wildman–Crippen MR) is 125 cm³/mol. The summed E-state index contributed by atoms with van der Waals surface area (Å²) in [4.78, 5) is 28.8. The lowest BCUT2D eigenvalue weighted by Crippen LogP contribution is -2.37. The van der Waals surface area contributed by atoms with Crippen molar-refractivity contribution in [2.24, 2.45) is 0 Å². The summed E-state index contributed by atoms with van der Waals surface area (Å²) in [5.41, 5.74) is 5.11. The molecule has 8 heteroatoms. The number of fused-ring (bicyclic) bond motifs is 3. The minimum absolute atomic E-state index is 0.0166. The van der Waals surface area contributed by atoms with Gasteiger partial charge in [0.2, 0.25) is 0 Å². The van der Waals surface area contributed by atoms with Crippen LogP contribution in [0.15, 0.2) is 53.9 Å². The van der Waals surface area contributed by atoms with E-state index in [4.69, 9.17) is 9.47 Å². The van der Waals surface area contributed by atoms with E-state index in [1.165, 1.54) is 33.6 Å². The zero-order chi connectivity index (χ0) is 22.8. The molecule has 0 radical (unpaired) electrons. The van der Waals surface area contributed by atoms with Crippen molar-refractivity contribution in [2.75, 3.05) is 19.8 Å². The molecule has 2 N–H and O–H groups in total. The van der Waals surface area contributed by atoms with E-state index in [9.17, 15) is 9.59 Å². The molecule has 0 spiro atoms. The summed E-state index contributed by atoms with van der Waals surface area (Å²) in [7, 11) is 0. The Morgan fingerprint density at radius 2 is 1.79 bits per heavy atom. The number of ether oxygens (including phenoxy) is 2. The number of thiazole rings is 1. The van der Waals surface area contributed by atoms with Crippen molar-refractivity contribution in [3.05, 3.63) is 75.7 Å². The van der Waals surface area contributed by atoms with Crippen LogP contribution in [0.2, 0.25) is 0 Å². The Hall–Kier alpha value is -3.23. The number of hydrogen-bond donors (Lipinski definition) is 2. The molecule has 0 unspecified atom stereocenters. The minimum atomic E-state index is -0.421. The highest BCUT2D eigenvalue weighted by molar-refractivity contribution is 7.09. The maximum absolute atomic E-state index is 12.6. The van der Waals surface area contributed by atoms with E-state index in [1.54, 1.807) is 12.3 Å². The van der Waals surface area contributed by atoms with Gasteiger partial charge in [-0.3, -0.25) is 0 Å². The number of hydrogen-bond acceptors (Lipinski definition) is 7. The second kappa shape index (κ2) is 9.33. The smallest absolute Gasteiger partial charge is 0.407 e. The fourth-order valence-electron chi connectivity index (χ4n) is 4.59. The molecule has 1 amide bonds. The van der Waals surface area contributed by atoms with Gasteiger partial charge in [-0.25, -0.2) is 14.6 Å². The molecule has 0 saturated carbocycles. The van der Waals surface area contributed by atoms with Gasteiger partial charge in [0.15, 0.2) is 5.69 Å². The van der Waals surface area contributed by atoms with Crippen LogP contribution in [0, 0.1) is 0 Å². The summed E-state index contributed by atoms with van der Waals surface area (Å²) in [6, 6.07) is 16.5. The third-order valence-corrected chi connectivity index (χ3v) is 7.06. The van der Waals surface area contributed by atoms with Crippen molar-refractivity contribution in [1.82, 2.24) is 15.6 Å². The van der Waals surface area contributed by atoms with Gasteiger partial charge >= 0.3 is 12.1 Å². The summed E-state index contributed by atoms with van der Waals surface area (Å²) < 4.78 is 10.7. The van der Waals surface area contributed by atoms with Crippen LogP contribution in [-0.2, 0) is 9.47 Å². The molecule has 1 fully saturated rings. The molecule has 2 aliphatic rings. The first kappa shape index (κ1) is 21.6. The number of esters is 1. The number of amides is 1. The van der Waals surface area contributed by atoms with Crippen LogP contribution in [0.5, 0.6) is 0 Å². The second-order valence-electron chi connectivity index (χ2n) is 8.15. The Balaban J connectivity index is 1.16. The van der Waals surface area contributed by atoms with Gasteiger partial charge < -0.3 is 20.1 Å². The highest BCUT2D eigenvalue weighted by atomic mass is 32.1. The lowest BCUT2D eigenvalue weighted by molar-refractivity contribution is 0.0520. The van der Waals surface area contributed by atoms with E-state index >= 15 is 0 Å². The monoisotopic (exact) mass is 463 g/mol. The zero-order valence-corrected chi connectivity index (χ0v) is 19.1. The van der Waals surface area contributed by atoms with Gasteiger partial charge in [-0.15, -0.1) is 11.3 Å². The maximum Gasteiger partial charge on any atom is 0.407 e. The second-order valence-corrected chi connectivity index (χ2v) is 9.04. The number of rotatable bonds is 6. The highest BCUT2D eigenvalue weighted by Crippen LogP contribution is 2.44. The molecule has 0 bridgehead atoms. The average molecular weight is 464 g/mol. The van der Waals surface area contributed by atoms with Gasteiger partial charge in [0, 0.05) is 23.9 Å². The minimum Gasteiger partial charge on any atom is -0.461 e. The largest absolute Gasteiger partial charge is 0.461 e. The number of nitrogens with zero attached hydrogens (tertiary/aromatic N) is 1. The van der Waals surface area contributed by atoms with Gasteiger partial charge in [-0.05, 0) is 35.6 Å². The van der Waals surface area contributed by atoms with Crippen molar-refractivity contribution in [3.63, 3.8) is 0 Å². The Morgan fingerprint density at radius 3 is 2.48 bits per heavy atom. The van der Waals surface area contributed by atoms with Crippen molar-refractivity contribution in [1.29, 1.82) is 0 Å². The molecule has 2 heterocycles. The topological polar surface area (TPSA) is 89.5 Å². The molecular weight excluding hydrogens is 438 g/mol. The van der Waals surface area contributed by atoms with Crippen LogP contribution >= 0.6 is 11.3 Å². The summed E-state index contributed by atoms with van der Waals surface area (Å²) in [6.45, 7) is 2.99. The lowest BCUT2D eigenvalue weighted by atomic mass is 9.98. The molecule has 3 aromatic rings. The quantitative estimate of drug-likeness (QED) is 0.531. The van der Waals surface area contributed by atoms with Crippen LogP contribution in [0.4, 0.5) is 4.79 Å². The average Bonchev–Trinajstić information content (AvgIpc) is 3.56. The predicted octanol–water partition coefficient (Wildman–Crippen LogP) is 4.26. The molecular formula is C25H25N3O4S. The molecule has 33 heavy (non-hydrogen) atoms. The zero-order valence-electron chi connectivity index (χ0n) is 18.2. The normalized spacial score (nSPS) is 19.1.